The molecule has 49 heavy (non-hydrogen) atoms. The predicted molar refractivity (Wildman–Crippen MR) is 173 cm³/mol. The number of carbonyl (C=O) groups excluding carboxylic acids is 2. The van der Waals surface area contributed by atoms with Crippen LogP contribution < -0.4 is 20.7 Å². The SMILES string of the molecule is COc1cc(C(=O)N[C@H]2CC[C@@H](C(F)(F)F)NC2)cc2nc(-c3cc4ccc([C@@H](C)NC(=O)C56CC(F)(C5)C6)nc4n3CC3CC3)c(C)n12. The molecule has 5 fully saturated rings. The summed E-state index contributed by atoms with van der Waals surface area (Å²) in [6, 6.07) is 6.87. The minimum atomic E-state index is -4.32. The highest BCUT2D eigenvalue weighted by Gasteiger charge is 2.72. The Labute approximate surface area is 280 Å². The lowest BCUT2D eigenvalue weighted by Crippen LogP contribution is -2.70. The molecule has 260 valence electrons. The van der Waals surface area contributed by atoms with Gasteiger partial charge in [-0.05, 0) is 89.0 Å². The first-order chi connectivity index (χ1) is 23.3. The number of amides is 2. The number of piperidine rings is 1. The van der Waals surface area contributed by atoms with Crippen molar-refractivity contribution in [2.75, 3.05) is 13.7 Å². The fraction of sp³-hybridized carbons (Fsp3) is 0.543. The maximum absolute atomic E-state index is 14.1. The molecule has 0 radical (unpaired) electrons. The number of fused-ring (bicyclic) bond motifs is 2. The third-order valence-corrected chi connectivity index (χ3v) is 10.9. The first kappa shape index (κ1) is 32.0. The first-order valence-electron chi connectivity index (χ1n) is 16.9. The number of rotatable bonds is 9. The van der Waals surface area contributed by atoms with Crippen molar-refractivity contribution >= 4 is 28.5 Å². The Balaban J connectivity index is 1.08. The molecule has 10 nitrogen and oxygen atoms in total. The molecular weight excluding hydrogens is 642 g/mol. The summed E-state index contributed by atoms with van der Waals surface area (Å²) in [5.41, 5.74) is 2.95. The van der Waals surface area contributed by atoms with Gasteiger partial charge >= 0.3 is 6.18 Å². The smallest absolute Gasteiger partial charge is 0.403 e. The molecule has 14 heteroatoms. The maximum atomic E-state index is 14.1. The number of nitrogens with zero attached hydrogens (tertiary/aromatic N) is 4. The molecule has 1 aliphatic heterocycles. The summed E-state index contributed by atoms with van der Waals surface area (Å²) >= 11 is 0. The number of alkyl halides is 4. The average molecular weight is 682 g/mol. The van der Waals surface area contributed by atoms with Gasteiger partial charge in [0, 0.05) is 36.1 Å². The molecule has 2 amide bonds. The van der Waals surface area contributed by atoms with Gasteiger partial charge in [0.25, 0.3) is 5.91 Å². The fourth-order valence-electron chi connectivity index (χ4n) is 7.98. The molecule has 3 atom stereocenters. The molecule has 0 unspecified atom stereocenters. The number of nitrogens with one attached hydrogen (secondary N) is 3. The van der Waals surface area contributed by atoms with Crippen molar-refractivity contribution in [3.05, 3.63) is 47.3 Å². The Morgan fingerprint density at radius 2 is 1.86 bits per heavy atom. The molecule has 0 spiro atoms. The van der Waals surface area contributed by atoms with Crippen LogP contribution in [0.1, 0.15) is 79.7 Å². The van der Waals surface area contributed by atoms with Crippen LogP contribution >= 0.6 is 0 Å². The van der Waals surface area contributed by atoms with E-state index in [1.165, 1.54) is 7.11 Å². The van der Waals surface area contributed by atoms with Gasteiger partial charge in [0.2, 0.25) is 5.91 Å². The second-order valence-electron chi connectivity index (χ2n) is 14.7. The number of aryl methyl sites for hydroxylation is 1. The van der Waals surface area contributed by atoms with Crippen LogP contribution in [0.5, 0.6) is 5.88 Å². The third kappa shape index (κ3) is 5.51. The van der Waals surface area contributed by atoms with Crippen molar-refractivity contribution in [1.29, 1.82) is 0 Å². The van der Waals surface area contributed by atoms with Gasteiger partial charge in [-0.2, -0.15) is 13.2 Å². The van der Waals surface area contributed by atoms with E-state index < -0.39 is 35.3 Å². The Bertz CT molecular complexity index is 1970. The van der Waals surface area contributed by atoms with Gasteiger partial charge in [0.05, 0.1) is 35.6 Å². The van der Waals surface area contributed by atoms with Gasteiger partial charge < -0.3 is 25.3 Å². The van der Waals surface area contributed by atoms with Crippen LogP contribution in [0.2, 0.25) is 0 Å². The number of hydrogen-bond donors (Lipinski definition) is 3. The largest absolute Gasteiger partial charge is 0.482 e. The van der Waals surface area contributed by atoms with Gasteiger partial charge in [0.15, 0.2) is 5.88 Å². The van der Waals surface area contributed by atoms with Crippen LogP contribution in [0.25, 0.3) is 28.1 Å². The Kier molecular flexibility index (Phi) is 7.29. The van der Waals surface area contributed by atoms with Gasteiger partial charge in [-0.1, -0.05) is 0 Å². The lowest BCUT2D eigenvalue weighted by atomic mass is 9.42. The summed E-state index contributed by atoms with van der Waals surface area (Å²) in [4.78, 5) is 36.3. The van der Waals surface area contributed by atoms with E-state index >= 15 is 0 Å². The van der Waals surface area contributed by atoms with E-state index in [0.717, 1.165) is 47.5 Å². The minimum Gasteiger partial charge on any atom is -0.482 e. The number of carbonyl (C=O) groups is 2. The molecule has 4 aromatic rings. The summed E-state index contributed by atoms with van der Waals surface area (Å²) < 4.78 is 63.0. The normalized spacial score (nSPS) is 27.0. The van der Waals surface area contributed by atoms with Crippen LogP contribution in [-0.2, 0) is 11.3 Å². The summed E-state index contributed by atoms with van der Waals surface area (Å²) in [7, 11) is 1.51. The summed E-state index contributed by atoms with van der Waals surface area (Å²) in [5, 5.41) is 9.35. The Morgan fingerprint density at radius 1 is 1.10 bits per heavy atom. The zero-order valence-electron chi connectivity index (χ0n) is 27.6. The lowest BCUT2D eigenvalue weighted by molar-refractivity contribution is -0.214. The molecule has 3 N–H and O–H groups in total. The van der Waals surface area contributed by atoms with Crippen molar-refractivity contribution in [3.63, 3.8) is 0 Å². The van der Waals surface area contributed by atoms with Gasteiger partial charge in [0.1, 0.15) is 28.7 Å². The maximum Gasteiger partial charge on any atom is 0.403 e. The second kappa shape index (κ2) is 11.2. The summed E-state index contributed by atoms with van der Waals surface area (Å²) in [6.45, 7) is 4.61. The molecule has 5 aliphatic rings. The monoisotopic (exact) mass is 681 g/mol. The van der Waals surface area contributed by atoms with E-state index in [0.29, 0.717) is 48.0 Å². The van der Waals surface area contributed by atoms with Crippen LogP contribution in [-0.4, -0.2) is 68.3 Å². The molecule has 5 heterocycles. The van der Waals surface area contributed by atoms with Crippen molar-refractivity contribution < 1.29 is 31.9 Å². The second-order valence-corrected chi connectivity index (χ2v) is 14.7. The van der Waals surface area contributed by atoms with Crippen LogP contribution in [0, 0.1) is 18.3 Å². The number of methoxy groups -OCH3 is 1. The number of halogens is 4. The van der Waals surface area contributed by atoms with Crippen molar-refractivity contribution in [3.8, 4) is 17.3 Å². The van der Waals surface area contributed by atoms with Crippen LogP contribution in [0.4, 0.5) is 17.6 Å². The third-order valence-electron chi connectivity index (χ3n) is 10.9. The average Bonchev–Trinajstić information content (AvgIpc) is 3.71. The van der Waals surface area contributed by atoms with Crippen molar-refractivity contribution in [2.45, 2.75) is 95.3 Å². The van der Waals surface area contributed by atoms with Crippen molar-refractivity contribution in [1.82, 2.24) is 34.9 Å². The molecule has 4 aromatic heterocycles. The van der Waals surface area contributed by atoms with E-state index in [4.69, 9.17) is 14.7 Å². The number of aromatic nitrogens is 4. The topological polar surface area (TPSA) is 115 Å². The Morgan fingerprint density at radius 3 is 2.49 bits per heavy atom. The molecule has 4 aliphatic carbocycles. The molecule has 9 rings (SSSR count). The highest BCUT2D eigenvalue weighted by Crippen LogP contribution is 2.69. The highest BCUT2D eigenvalue weighted by atomic mass is 19.4. The quantitative estimate of drug-likeness (QED) is 0.200. The van der Waals surface area contributed by atoms with Crippen molar-refractivity contribution in [2.24, 2.45) is 11.3 Å². The van der Waals surface area contributed by atoms with E-state index in [9.17, 15) is 27.2 Å². The van der Waals surface area contributed by atoms with E-state index in [1.54, 1.807) is 12.1 Å². The van der Waals surface area contributed by atoms with E-state index in [-0.39, 0.29) is 31.3 Å². The molecule has 1 saturated heterocycles. The zero-order valence-corrected chi connectivity index (χ0v) is 27.6. The predicted octanol–water partition coefficient (Wildman–Crippen LogP) is 5.56. The molecule has 4 saturated carbocycles. The van der Waals surface area contributed by atoms with Crippen LogP contribution in [0.3, 0.4) is 0 Å². The van der Waals surface area contributed by atoms with Gasteiger partial charge in [-0.15, -0.1) is 0 Å². The fourth-order valence-corrected chi connectivity index (χ4v) is 7.98. The highest BCUT2D eigenvalue weighted by molar-refractivity contribution is 5.96. The zero-order chi connectivity index (χ0) is 34.5. The lowest BCUT2D eigenvalue weighted by Gasteiger charge is -2.64. The number of hydrogen-bond acceptors (Lipinski definition) is 6. The molecule has 0 aromatic carbocycles. The summed E-state index contributed by atoms with van der Waals surface area (Å²) in [6.07, 6.45) is -1.07. The minimum absolute atomic E-state index is 0.0227. The van der Waals surface area contributed by atoms with E-state index in [1.807, 2.05) is 30.4 Å². The first-order valence-corrected chi connectivity index (χ1v) is 16.9. The number of pyridine rings is 2. The molecular formula is C35H39F4N7O3. The summed E-state index contributed by atoms with van der Waals surface area (Å²) in [5.74, 6) is 0.384. The Hall–Kier alpha value is -4.20. The molecule has 2 bridgehead atoms. The van der Waals surface area contributed by atoms with E-state index in [2.05, 4.69) is 26.6 Å². The standard InChI is InChI=1S/C35H39F4N7O3/c1-18(41-32(48)33-15-34(36,16-33)17-33)24-8-6-21-10-25(45(30(21)43-24)14-20-4-5-20)29-19(2)46-27(44-29)11-22(12-28(46)49-3)31(47)42-23-7-9-26(40-13-23)35(37,38)39/h6,8,10-12,18,20,23,26,40H,4-5,7,9,13-17H2,1-3H3,(H,41,48)(H,42,47)/t18-,23+,26+,33?,34?/m1/s1. The number of ether oxygens (including phenoxy) is 1. The number of imidazole rings is 1. The van der Waals surface area contributed by atoms with Gasteiger partial charge in [-0.25, -0.2) is 14.4 Å². The van der Waals surface area contributed by atoms with Crippen LogP contribution in [0.15, 0.2) is 30.3 Å². The van der Waals surface area contributed by atoms with Gasteiger partial charge in [-0.3, -0.25) is 14.0 Å².